The summed E-state index contributed by atoms with van der Waals surface area (Å²) in [5.41, 5.74) is 12.8. The average Bonchev–Trinajstić information content (AvgIpc) is 2.20. The predicted molar refractivity (Wildman–Crippen MR) is 69.6 cm³/mol. The van der Waals surface area contributed by atoms with Crippen LogP contribution < -0.4 is 16.8 Å². The van der Waals surface area contributed by atoms with Crippen LogP contribution in [-0.4, -0.2) is 11.7 Å². The molecule has 0 unspecified atom stereocenters. The summed E-state index contributed by atoms with van der Waals surface area (Å²) >= 11 is 4.73. The molecule has 0 fully saturated rings. The Balaban J connectivity index is 2.60. The number of anilines is 1. The summed E-state index contributed by atoms with van der Waals surface area (Å²) in [5.74, 6) is 0. The largest absolute Gasteiger partial charge is 0.376 e. The second kappa shape index (κ2) is 6.16. The van der Waals surface area contributed by atoms with E-state index >= 15 is 0 Å². The van der Waals surface area contributed by atoms with Gasteiger partial charge in [0.1, 0.15) is 0 Å². The van der Waals surface area contributed by atoms with Gasteiger partial charge in [0, 0.05) is 5.69 Å². The minimum absolute atomic E-state index is 0.279. The van der Waals surface area contributed by atoms with E-state index in [-0.39, 0.29) is 5.11 Å². The number of benzene rings is 1. The lowest BCUT2D eigenvalue weighted by molar-refractivity contribution is 1.01. The molecule has 1 aromatic carbocycles. The van der Waals surface area contributed by atoms with Crippen LogP contribution in [0, 0.1) is 0 Å². The molecule has 0 aliphatic heterocycles. The molecular formula is C11H15N3S. The van der Waals surface area contributed by atoms with Crippen molar-refractivity contribution in [2.75, 3.05) is 11.9 Å². The molecular weight excluding hydrogens is 206 g/mol. The van der Waals surface area contributed by atoms with Gasteiger partial charge < -0.3 is 16.8 Å². The van der Waals surface area contributed by atoms with Crippen LogP contribution in [0.4, 0.5) is 5.69 Å². The fraction of sp³-hybridized carbons (Fsp3) is 0.182. The zero-order valence-electron chi connectivity index (χ0n) is 8.44. The van der Waals surface area contributed by atoms with E-state index in [2.05, 4.69) is 11.4 Å². The highest BCUT2D eigenvalue weighted by atomic mass is 32.1. The SMILES string of the molecule is NCCC=Cc1ccc(NC(N)=S)cc1. The van der Waals surface area contributed by atoms with Gasteiger partial charge in [-0.15, -0.1) is 0 Å². The Morgan fingerprint density at radius 1 is 1.33 bits per heavy atom. The van der Waals surface area contributed by atoms with E-state index in [0.29, 0.717) is 6.54 Å². The smallest absolute Gasteiger partial charge is 0.168 e. The van der Waals surface area contributed by atoms with Crippen LogP contribution in [0.1, 0.15) is 12.0 Å². The summed E-state index contributed by atoms with van der Waals surface area (Å²) in [7, 11) is 0. The maximum Gasteiger partial charge on any atom is 0.168 e. The van der Waals surface area contributed by atoms with Crippen LogP contribution in [0.2, 0.25) is 0 Å². The third kappa shape index (κ3) is 4.58. The number of nitrogens with two attached hydrogens (primary N) is 2. The van der Waals surface area contributed by atoms with Gasteiger partial charge in [-0.25, -0.2) is 0 Å². The van der Waals surface area contributed by atoms with Crippen molar-refractivity contribution in [1.29, 1.82) is 0 Å². The molecule has 1 rings (SSSR count). The molecule has 15 heavy (non-hydrogen) atoms. The molecule has 0 spiro atoms. The quantitative estimate of drug-likeness (QED) is 0.677. The molecule has 1 aromatic rings. The third-order valence-corrected chi connectivity index (χ3v) is 1.92. The minimum Gasteiger partial charge on any atom is -0.376 e. The molecule has 0 heterocycles. The predicted octanol–water partition coefficient (Wildman–Crippen LogP) is 1.70. The van der Waals surface area contributed by atoms with E-state index in [1.807, 2.05) is 30.3 Å². The normalized spacial score (nSPS) is 10.5. The molecule has 4 heteroatoms. The Morgan fingerprint density at radius 2 is 2.00 bits per heavy atom. The Labute approximate surface area is 95.2 Å². The lowest BCUT2D eigenvalue weighted by Gasteiger charge is -2.03. The van der Waals surface area contributed by atoms with E-state index in [4.69, 9.17) is 23.7 Å². The summed E-state index contributed by atoms with van der Waals surface area (Å²) in [6.07, 6.45) is 4.99. The molecule has 0 saturated heterocycles. The highest BCUT2D eigenvalue weighted by Crippen LogP contribution is 2.10. The van der Waals surface area contributed by atoms with Crippen LogP contribution in [0.25, 0.3) is 6.08 Å². The van der Waals surface area contributed by atoms with Crippen molar-refractivity contribution >= 4 is 29.1 Å². The Hall–Kier alpha value is -1.39. The molecule has 0 radical (unpaired) electrons. The molecule has 0 saturated carbocycles. The molecule has 0 bridgehead atoms. The number of rotatable bonds is 4. The fourth-order valence-corrected chi connectivity index (χ4v) is 1.25. The first kappa shape index (κ1) is 11.7. The van der Waals surface area contributed by atoms with Gasteiger partial charge in [0.05, 0.1) is 0 Å². The minimum atomic E-state index is 0.279. The lowest BCUT2D eigenvalue weighted by atomic mass is 10.2. The van der Waals surface area contributed by atoms with Crippen LogP contribution in [0.3, 0.4) is 0 Å². The van der Waals surface area contributed by atoms with Gasteiger partial charge in [0.25, 0.3) is 0 Å². The van der Waals surface area contributed by atoms with E-state index in [0.717, 1.165) is 17.7 Å². The monoisotopic (exact) mass is 221 g/mol. The van der Waals surface area contributed by atoms with Crippen LogP contribution in [-0.2, 0) is 0 Å². The molecule has 0 aliphatic rings. The molecule has 0 aliphatic carbocycles. The van der Waals surface area contributed by atoms with Crippen LogP contribution >= 0.6 is 12.2 Å². The van der Waals surface area contributed by atoms with Gasteiger partial charge in [-0.2, -0.15) is 0 Å². The van der Waals surface area contributed by atoms with Gasteiger partial charge in [-0.05, 0) is 42.9 Å². The molecule has 80 valence electrons. The zero-order valence-corrected chi connectivity index (χ0v) is 9.26. The molecule has 3 nitrogen and oxygen atoms in total. The van der Waals surface area contributed by atoms with Gasteiger partial charge in [0.2, 0.25) is 0 Å². The van der Waals surface area contributed by atoms with E-state index in [1.54, 1.807) is 0 Å². The average molecular weight is 221 g/mol. The summed E-state index contributed by atoms with van der Waals surface area (Å²) in [4.78, 5) is 0. The van der Waals surface area contributed by atoms with E-state index < -0.39 is 0 Å². The lowest BCUT2D eigenvalue weighted by Crippen LogP contribution is -2.18. The fourth-order valence-electron chi connectivity index (χ4n) is 1.14. The Bertz CT molecular complexity index is 343. The maximum absolute atomic E-state index is 5.38. The number of thiocarbonyl (C=S) groups is 1. The molecule has 0 atom stereocenters. The first-order valence-corrected chi connectivity index (χ1v) is 5.16. The van der Waals surface area contributed by atoms with Crippen molar-refractivity contribution < 1.29 is 0 Å². The summed E-state index contributed by atoms with van der Waals surface area (Å²) in [6.45, 7) is 0.678. The van der Waals surface area contributed by atoms with Gasteiger partial charge >= 0.3 is 0 Å². The van der Waals surface area contributed by atoms with Crippen molar-refractivity contribution in [3.05, 3.63) is 35.9 Å². The van der Waals surface area contributed by atoms with Crippen molar-refractivity contribution in [1.82, 2.24) is 0 Å². The van der Waals surface area contributed by atoms with Gasteiger partial charge in [-0.3, -0.25) is 0 Å². The summed E-state index contributed by atoms with van der Waals surface area (Å²) in [6, 6.07) is 7.85. The molecule has 0 amide bonds. The third-order valence-electron chi connectivity index (χ3n) is 1.82. The van der Waals surface area contributed by atoms with E-state index in [1.165, 1.54) is 0 Å². The first-order valence-electron chi connectivity index (χ1n) is 4.75. The summed E-state index contributed by atoms with van der Waals surface area (Å²) in [5, 5.41) is 3.14. The van der Waals surface area contributed by atoms with Crippen molar-refractivity contribution in [3.63, 3.8) is 0 Å². The standard InChI is InChI=1S/C11H15N3S/c12-8-2-1-3-9-4-6-10(7-5-9)14-11(13)15/h1,3-7H,2,8,12H2,(H3,13,14,15). The Kier molecular flexibility index (Phi) is 4.80. The van der Waals surface area contributed by atoms with E-state index in [9.17, 15) is 0 Å². The highest BCUT2D eigenvalue weighted by molar-refractivity contribution is 7.80. The van der Waals surface area contributed by atoms with Crippen LogP contribution in [0.15, 0.2) is 30.3 Å². The second-order valence-corrected chi connectivity index (χ2v) is 3.53. The number of hydrogen-bond donors (Lipinski definition) is 3. The first-order chi connectivity index (χ1) is 7.22. The van der Waals surface area contributed by atoms with Gasteiger partial charge in [0.15, 0.2) is 5.11 Å². The zero-order chi connectivity index (χ0) is 11.1. The topological polar surface area (TPSA) is 64.1 Å². The van der Waals surface area contributed by atoms with Crippen molar-refractivity contribution in [3.8, 4) is 0 Å². The highest BCUT2D eigenvalue weighted by Gasteiger charge is 1.92. The molecule has 5 N–H and O–H groups in total. The van der Waals surface area contributed by atoms with Crippen LogP contribution in [0.5, 0.6) is 0 Å². The Morgan fingerprint density at radius 3 is 2.53 bits per heavy atom. The maximum atomic E-state index is 5.38. The van der Waals surface area contributed by atoms with Gasteiger partial charge in [-0.1, -0.05) is 24.3 Å². The number of nitrogens with one attached hydrogen (secondary N) is 1. The second-order valence-electron chi connectivity index (χ2n) is 3.09. The number of hydrogen-bond acceptors (Lipinski definition) is 2. The van der Waals surface area contributed by atoms with Crippen molar-refractivity contribution in [2.24, 2.45) is 11.5 Å². The van der Waals surface area contributed by atoms with Crippen molar-refractivity contribution in [2.45, 2.75) is 6.42 Å². The molecule has 0 aromatic heterocycles. The summed E-state index contributed by atoms with van der Waals surface area (Å²) < 4.78 is 0.